The summed E-state index contributed by atoms with van der Waals surface area (Å²) in [6.45, 7) is -0.0945. The number of rotatable bonds is 3. The predicted molar refractivity (Wildman–Crippen MR) is 55.1 cm³/mol. The first-order valence-corrected chi connectivity index (χ1v) is 5.16. The Labute approximate surface area is 93.3 Å². The van der Waals surface area contributed by atoms with Gasteiger partial charge in [-0.15, -0.1) is 6.42 Å². The second kappa shape index (κ2) is 4.01. The molecule has 0 spiro atoms. The van der Waals surface area contributed by atoms with Crippen LogP contribution in [0.25, 0.3) is 0 Å². The summed E-state index contributed by atoms with van der Waals surface area (Å²) in [4.78, 5) is 22.8. The molecule has 0 unspecified atom stereocenters. The van der Waals surface area contributed by atoms with Gasteiger partial charge in [0.2, 0.25) is 0 Å². The number of ether oxygens (including phenoxy) is 1. The molecule has 2 aliphatic carbocycles. The van der Waals surface area contributed by atoms with E-state index in [1.807, 2.05) is 12.2 Å². The van der Waals surface area contributed by atoms with E-state index < -0.39 is 23.8 Å². The molecule has 0 amide bonds. The van der Waals surface area contributed by atoms with E-state index in [4.69, 9.17) is 16.3 Å². The number of hydrogen-bond acceptors (Lipinski definition) is 3. The largest absolute Gasteiger partial charge is 0.481 e. The van der Waals surface area contributed by atoms with Crippen LogP contribution >= 0.6 is 0 Å². The van der Waals surface area contributed by atoms with Gasteiger partial charge in [0.1, 0.15) is 0 Å². The summed E-state index contributed by atoms with van der Waals surface area (Å²) in [5.41, 5.74) is 0. The number of hydrogen-bond donors (Lipinski definition) is 1. The van der Waals surface area contributed by atoms with Gasteiger partial charge in [-0.2, -0.15) is 0 Å². The summed E-state index contributed by atoms with van der Waals surface area (Å²) in [5, 5.41) is 9.10. The molecule has 4 nitrogen and oxygen atoms in total. The van der Waals surface area contributed by atoms with Gasteiger partial charge >= 0.3 is 11.9 Å². The number of fused-ring (bicyclic) bond motifs is 2. The molecule has 4 heteroatoms. The molecule has 2 rings (SSSR count). The van der Waals surface area contributed by atoms with Crippen LogP contribution in [0.2, 0.25) is 0 Å². The molecule has 0 aromatic heterocycles. The summed E-state index contributed by atoms with van der Waals surface area (Å²) < 4.78 is 4.84. The normalized spacial score (nSPS) is 34.7. The first-order valence-electron chi connectivity index (χ1n) is 5.16. The molecule has 0 radical (unpaired) electrons. The summed E-state index contributed by atoms with van der Waals surface area (Å²) >= 11 is 0. The average Bonchev–Trinajstić information content (AvgIpc) is 2.84. The summed E-state index contributed by atoms with van der Waals surface area (Å²) in [6, 6.07) is 0. The van der Waals surface area contributed by atoms with Crippen LogP contribution in [0.15, 0.2) is 12.2 Å². The Kier molecular flexibility index (Phi) is 2.69. The van der Waals surface area contributed by atoms with Crippen molar-refractivity contribution in [1.29, 1.82) is 0 Å². The summed E-state index contributed by atoms with van der Waals surface area (Å²) in [6.07, 6.45) is 9.51. The highest BCUT2D eigenvalue weighted by atomic mass is 16.5. The number of carbonyl (C=O) groups excluding carboxylic acids is 1. The first-order chi connectivity index (χ1) is 7.65. The zero-order valence-electron chi connectivity index (χ0n) is 8.63. The average molecular weight is 220 g/mol. The van der Waals surface area contributed by atoms with Gasteiger partial charge < -0.3 is 9.84 Å². The minimum atomic E-state index is -0.931. The van der Waals surface area contributed by atoms with Crippen molar-refractivity contribution in [3.63, 3.8) is 0 Å². The number of aliphatic carboxylic acids is 1. The molecule has 0 heterocycles. The van der Waals surface area contributed by atoms with Crippen molar-refractivity contribution in [3.8, 4) is 12.3 Å². The van der Waals surface area contributed by atoms with Gasteiger partial charge in [-0.1, -0.05) is 18.1 Å². The molecule has 1 N–H and O–H groups in total. The van der Waals surface area contributed by atoms with Gasteiger partial charge in [0.15, 0.2) is 6.61 Å². The molecule has 0 aromatic rings. The van der Waals surface area contributed by atoms with Crippen molar-refractivity contribution in [2.24, 2.45) is 23.7 Å². The minimum absolute atomic E-state index is 0.00336. The van der Waals surface area contributed by atoms with Gasteiger partial charge in [-0.3, -0.25) is 9.59 Å². The Morgan fingerprint density at radius 2 is 2.00 bits per heavy atom. The van der Waals surface area contributed by atoms with Crippen LogP contribution in [-0.4, -0.2) is 23.7 Å². The molecule has 16 heavy (non-hydrogen) atoms. The van der Waals surface area contributed by atoms with Gasteiger partial charge in [-0.25, -0.2) is 0 Å². The van der Waals surface area contributed by atoms with Crippen molar-refractivity contribution in [2.45, 2.75) is 6.42 Å². The van der Waals surface area contributed by atoms with Crippen molar-refractivity contribution in [3.05, 3.63) is 12.2 Å². The second-order valence-electron chi connectivity index (χ2n) is 4.15. The van der Waals surface area contributed by atoms with Crippen LogP contribution in [0.3, 0.4) is 0 Å². The SMILES string of the molecule is C#CCOC(=O)[C@H]1[C@@H](C(=O)O)[C@H]2C=C[C@H]1C2. The topological polar surface area (TPSA) is 63.6 Å². The van der Waals surface area contributed by atoms with E-state index in [0.29, 0.717) is 0 Å². The fourth-order valence-electron chi connectivity index (χ4n) is 2.69. The second-order valence-corrected chi connectivity index (χ2v) is 4.15. The van der Waals surface area contributed by atoms with Gasteiger partial charge in [0, 0.05) is 0 Å². The molecule has 0 aromatic carbocycles. The third kappa shape index (κ3) is 1.58. The lowest BCUT2D eigenvalue weighted by atomic mass is 9.83. The Morgan fingerprint density at radius 3 is 2.56 bits per heavy atom. The van der Waals surface area contributed by atoms with Crippen molar-refractivity contribution >= 4 is 11.9 Å². The predicted octanol–water partition coefficient (Wildman–Crippen LogP) is 0.686. The van der Waals surface area contributed by atoms with Crippen LogP contribution in [0, 0.1) is 36.0 Å². The Hall–Kier alpha value is -1.76. The van der Waals surface area contributed by atoms with Crippen LogP contribution in [0.5, 0.6) is 0 Å². The molecule has 2 aliphatic rings. The van der Waals surface area contributed by atoms with E-state index in [1.54, 1.807) is 0 Å². The van der Waals surface area contributed by atoms with E-state index >= 15 is 0 Å². The number of terminal acetylenes is 1. The fraction of sp³-hybridized carbons (Fsp3) is 0.500. The van der Waals surface area contributed by atoms with Crippen molar-refractivity contribution < 1.29 is 19.4 Å². The third-order valence-electron chi connectivity index (χ3n) is 3.31. The summed E-state index contributed by atoms with van der Waals surface area (Å²) in [7, 11) is 0. The Balaban J connectivity index is 2.14. The van der Waals surface area contributed by atoms with Gasteiger partial charge in [0.05, 0.1) is 11.8 Å². The fourth-order valence-corrected chi connectivity index (χ4v) is 2.69. The molecule has 1 saturated carbocycles. The Bertz CT molecular complexity index is 390. The summed E-state index contributed by atoms with van der Waals surface area (Å²) in [5.74, 6) is -0.474. The van der Waals surface area contributed by atoms with E-state index in [0.717, 1.165) is 6.42 Å². The third-order valence-corrected chi connectivity index (χ3v) is 3.31. The number of carbonyl (C=O) groups is 2. The molecular weight excluding hydrogens is 208 g/mol. The van der Waals surface area contributed by atoms with Gasteiger partial charge in [0.25, 0.3) is 0 Å². The van der Waals surface area contributed by atoms with Crippen LogP contribution in [0.1, 0.15) is 6.42 Å². The molecular formula is C12H12O4. The quantitative estimate of drug-likeness (QED) is 0.431. The maximum Gasteiger partial charge on any atom is 0.311 e. The zero-order chi connectivity index (χ0) is 11.7. The highest BCUT2D eigenvalue weighted by Gasteiger charge is 2.52. The standard InChI is InChI=1S/C12H12O4/c1-2-5-16-12(15)10-8-4-3-7(6-8)9(10)11(13)14/h1,3-4,7-10H,5-6H2,(H,13,14)/t7-,8-,9-,10+/m0/s1. The van der Waals surface area contributed by atoms with E-state index in [-0.39, 0.29) is 18.4 Å². The van der Waals surface area contributed by atoms with Crippen LogP contribution in [-0.2, 0) is 14.3 Å². The van der Waals surface area contributed by atoms with E-state index in [9.17, 15) is 9.59 Å². The van der Waals surface area contributed by atoms with Crippen molar-refractivity contribution in [1.82, 2.24) is 0 Å². The zero-order valence-corrected chi connectivity index (χ0v) is 8.63. The molecule has 84 valence electrons. The number of carboxylic acids is 1. The first kappa shape index (κ1) is 10.7. The smallest absolute Gasteiger partial charge is 0.311 e. The van der Waals surface area contributed by atoms with E-state index in [2.05, 4.69) is 5.92 Å². The maximum absolute atomic E-state index is 11.7. The molecule has 0 aliphatic heterocycles. The number of esters is 1. The highest BCUT2D eigenvalue weighted by molar-refractivity contribution is 5.83. The van der Waals surface area contributed by atoms with Crippen molar-refractivity contribution in [2.75, 3.05) is 6.61 Å². The van der Waals surface area contributed by atoms with Crippen LogP contribution < -0.4 is 0 Å². The number of carboxylic acid groups (broad SMARTS) is 1. The molecule has 2 bridgehead atoms. The maximum atomic E-state index is 11.7. The van der Waals surface area contributed by atoms with Gasteiger partial charge in [-0.05, 0) is 18.3 Å². The monoisotopic (exact) mass is 220 g/mol. The number of allylic oxidation sites excluding steroid dienone is 2. The minimum Gasteiger partial charge on any atom is -0.481 e. The molecule has 0 saturated heterocycles. The van der Waals surface area contributed by atoms with E-state index in [1.165, 1.54) is 0 Å². The lowest BCUT2D eigenvalue weighted by Crippen LogP contribution is -2.34. The molecule has 1 fully saturated rings. The lowest BCUT2D eigenvalue weighted by molar-refractivity contribution is -0.157. The van der Waals surface area contributed by atoms with Crippen LogP contribution in [0.4, 0.5) is 0 Å². The lowest BCUT2D eigenvalue weighted by Gasteiger charge is -2.22. The Morgan fingerprint density at radius 1 is 1.38 bits per heavy atom. The highest BCUT2D eigenvalue weighted by Crippen LogP contribution is 2.48. The molecule has 4 atom stereocenters.